The molecule has 0 unspecified atom stereocenters. The Kier molecular flexibility index (Phi) is 6.68. The summed E-state index contributed by atoms with van der Waals surface area (Å²) in [6.45, 7) is 0.643. The highest BCUT2D eigenvalue weighted by Gasteiger charge is 2.18. The van der Waals surface area contributed by atoms with E-state index in [1.165, 1.54) is 0 Å². The number of anilines is 1. The van der Waals surface area contributed by atoms with Crippen LogP contribution in [-0.4, -0.2) is 38.6 Å². The lowest BCUT2D eigenvalue weighted by atomic mass is 10.1. The van der Waals surface area contributed by atoms with Crippen molar-refractivity contribution < 1.29 is 19.0 Å². The minimum Gasteiger partial charge on any atom is -0.493 e. The molecule has 0 saturated carbocycles. The maximum atomic E-state index is 12.8. The predicted octanol–water partition coefficient (Wildman–Crippen LogP) is 4.00. The monoisotopic (exact) mass is 392 g/mol. The molecule has 0 N–H and O–H groups in total. The molecule has 3 rings (SSSR count). The van der Waals surface area contributed by atoms with Gasteiger partial charge >= 0.3 is 0 Å². The van der Waals surface area contributed by atoms with E-state index in [0.29, 0.717) is 35.2 Å². The van der Waals surface area contributed by atoms with E-state index in [1.54, 1.807) is 27.5 Å². The second kappa shape index (κ2) is 9.59. The molecule has 1 heterocycles. The molecular formula is C23H24N2O4. The van der Waals surface area contributed by atoms with Crippen molar-refractivity contribution >= 4 is 11.6 Å². The van der Waals surface area contributed by atoms with E-state index in [9.17, 15) is 4.79 Å². The van der Waals surface area contributed by atoms with Gasteiger partial charge in [0.05, 0.1) is 27.9 Å². The molecule has 0 aliphatic carbocycles. The van der Waals surface area contributed by atoms with Crippen LogP contribution in [0.25, 0.3) is 0 Å². The van der Waals surface area contributed by atoms with Gasteiger partial charge in [0, 0.05) is 18.3 Å². The second-order valence-electron chi connectivity index (χ2n) is 6.37. The number of aromatic nitrogens is 1. The Balaban J connectivity index is 1.92. The zero-order chi connectivity index (χ0) is 20.6. The van der Waals surface area contributed by atoms with Gasteiger partial charge in [-0.3, -0.25) is 4.79 Å². The number of hydrogen-bond donors (Lipinski definition) is 0. The van der Waals surface area contributed by atoms with Crippen LogP contribution in [0, 0.1) is 0 Å². The topological polar surface area (TPSA) is 60.9 Å². The van der Waals surface area contributed by atoms with Crippen molar-refractivity contribution in [2.75, 3.05) is 32.8 Å². The number of methoxy groups -OCH3 is 3. The van der Waals surface area contributed by atoms with E-state index in [2.05, 4.69) is 4.98 Å². The molecular weight excluding hydrogens is 368 g/mol. The van der Waals surface area contributed by atoms with Crippen LogP contribution >= 0.6 is 0 Å². The molecule has 0 amide bonds. The average Bonchev–Trinajstić information content (AvgIpc) is 2.79. The van der Waals surface area contributed by atoms with Crippen molar-refractivity contribution in [3.05, 3.63) is 78.0 Å². The molecule has 0 bridgehead atoms. The highest BCUT2D eigenvalue weighted by Crippen LogP contribution is 2.38. The van der Waals surface area contributed by atoms with Crippen LogP contribution < -0.4 is 19.1 Å². The van der Waals surface area contributed by atoms with Crippen LogP contribution in [0.1, 0.15) is 15.9 Å². The third kappa shape index (κ3) is 4.85. The van der Waals surface area contributed by atoms with Crippen LogP contribution in [0.15, 0.2) is 66.9 Å². The van der Waals surface area contributed by atoms with Crippen molar-refractivity contribution in [3.8, 4) is 17.2 Å². The average molecular weight is 392 g/mol. The Morgan fingerprint density at radius 2 is 1.55 bits per heavy atom. The molecule has 3 aromatic rings. The van der Waals surface area contributed by atoms with Gasteiger partial charge in [-0.15, -0.1) is 0 Å². The van der Waals surface area contributed by atoms with E-state index in [-0.39, 0.29) is 12.3 Å². The molecule has 150 valence electrons. The smallest absolute Gasteiger partial charge is 0.203 e. The van der Waals surface area contributed by atoms with Gasteiger partial charge in [0.25, 0.3) is 0 Å². The highest BCUT2D eigenvalue weighted by atomic mass is 16.5. The van der Waals surface area contributed by atoms with E-state index in [1.807, 2.05) is 65.6 Å². The Hall–Kier alpha value is -3.54. The van der Waals surface area contributed by atoms with Crippen molar-refractivity contribution in [2.24, 2.45) is 0 Å². The Bertz CT molecular complexity index is 921. The fourth-order valence-electron chi connectivity index (χ4n) is 3.09. The fraction of sp³-hybridized carbons (Fsp3) is 0.217. The quantitative estimate of drug-likeness (QED) is 0.513. The first kappa shape index (κ1) is 20.2. The minimum absolute atomic E-state index is 0.0173. The summed E-state index contributed by atoms with van der Waals surface area (Å²) in [5.74, 6) is 2.40. The molecule has 0 spiro atoms. The van der Waals surface area contributed by atoms with E-state index in [0.717, 1.165) is 5.56 Å². The minimum atomic E-state index is 0.0173. The van der Waals surface area contributed by atoms with Crippen molar-refractivity contribution in [3.63, 3.8) is 0 Å². The summed E-state index contributed by atoms with van der Waals surface area (Å²) in [6, 6.07) is 18.6. The number of ketones is 1. The van der Waals surface area contributed by atoms with Gasteiger partial charge < -0.3 is 19.1 Å². The van der Waals surface area contributed by atoms with Crippen LogP contribution in [0.4, 0.5) is 5.82 Å². The standard InChI is InChI=1S/C23H24N2O4/c1-27-20-13-17(14-21(28-2)23(20)29-3)15-25(22-11-7-8-12-24-22)16-19(26)18-9-5-4-6-10-18/h4-14H,15-16H2,1-3H3. The normalized spacial score (nSPS) is 10.3. The lowest BCUT2D eigenvalue weighted by Crippen LogP contribution is -2.30. The number of carbonyl (C=O) groups excluding carboxylic acids is 1. The number of hydrogen-bond acceptors (Lipinski definition) is 6. The summed E-state index contributed by atoms with van der Waals surface area (Å²) >= 11 is 0. The van der Waals surface area contributed by atoms with Gasteiger partial charge in [-0.2, -0.15) is 0 Å². The molecule has 0 aliphatic rings. The molecule has 0 aliphatic heterocycles. The third-order valence-electron chi connectivity index (χ3n) is 4.50. The molecule has 0 radical (unpaired) electrons. The zero-order valence-corrected chi connectivity index (χ0v) is 16.8. The molecule has 6 nitrogen and oxygen atoms in total. The summed E-state index contributed by atoms with van der Waals surface area (Å²) in [6.07, 6.45) is 1.71. The summed E-state index contributed by atoms with van der Waals surface area (Å²) in [4.78, 5) is 19.2. The Labute approximate surface area is 170 Å². The summed E-state index contributed by atoms with van der Waals surface area (Å²) in [5.41, 5.74) is 1.57. The molecule has 6 heteroatoms. The van der Waals surface area contributed by atoms with Gasteiger partial charge in [-0.05, 0) is 29.8 Å². The highest BCUT2D eigenvalue weighted by molar-refractivity contribution is 5.99. The number of ether oxygens (including phenoxy) is 3. The Morgan fingerprint density at radius 3 is 2.10 bits per heavy atom. The van der Waals surface area contributed by atoms with Crippen molar-refractivity contribution in [1.82, 2.24) is 4.98 Å². The SMILES string of the molecule is COc1cc(CN(CC(=O)c2ccccc2)c2ccccn2)cc(OC)c1OC. The maximum absolute atomic E-state index is 12.8. The van der Waals surface area contributed by atoms with E-state index >= 15 is 0 Å². The molecule has 0 saturated heterocycles. The van der Waals surface area contributed by atoms with Crippen LogP contribution in [-0.2, 0) is 6.54 Å². The fourth-order valence-corrected chi connectivity index (χ4v) is 3.09. The summed E-state index contributed by atoms with van der Waals surface area (Å²) in [7, 11) is 4.73. The Morgan fingerprint density at radius 1 is 0.897 bits per heavy atom. The van der Waals surface area contributed by atoms with Crippen LogP contribution in [0.2, 0.25) is 0 Å². The van der Waals surface area contributed by atoms with Gasteiger partial charge in [0.15, 0.2) is 17.3 Å². The first-order chi connectivity index (χ1) is 14.2. The molecule has 2 aromatic carbocycles. The first-order valence-corrected chi connectivity index (χ1v) is 9.19. The summed E-state index contributed by atoms with van der Waals surface area (Å²) in [5, 5.41) is 0. The third-order valence-corrected chi connectivity index (χ3v) is 4.50. The predicted molar refractivity (Wildman–Crippen MR) is 112 cm³/mol. The van der Waals surface area contributed by atoms with Gasteiger partial charge in [0.2, 0.25) is 5.75 Å². The van der Waals surface area contributed by atoms with Crippen LogP contribution in [0.3, 0.4) is 0 Å². The lowest BCUT2D eigenvalue weighted by Gasteiger charge is -2.24. The molecule has 0 fully saturated rings. The number of benzene rings is 2. The number of rotatable bonds is 9. The molecule has 0 atom stereocenters. The first-order valence-electron chi connectivity index (χ1n) is 9.19. The number of pyridine rings is 1. The number of Topliss-reactive ketones (excluding diaryl/α,β-unsaturated/α-hetero) is 1. The molecule has 1 aromatic heterocycles. The van der Waals surface area contributed by atoms with Gasteiger partial charge in [0.1, 0.15) is 5.82 Å². The van der Waals surface area contributed by atoms with E-state index in [4.69, 9.17) is 14.2 Å². The van der Waals surface area contributed by atoms with Crippen molar-refractivity contribution in [1.29, 1.82) is 0 Å². The second-order valence-corrected chi connectivity index (χ2v) is 6.37. The summed E-state index contributed by atoms with van der Waals surface area (Å²) < 4.78 is 16.3. The van der Waals surface area contributed by atoms with Gasteiger partial charge in [-0.1, -0.05) is 36.4 Å². The number of nitrogens with zero attached hydrogens (tertiary/aromatic N) is 2. The van der Waals surface area contributed by atoms with E-state index < -0.39 is 0 Å². The lowest BCUT2D eigenvalue weighted by molar-refractivity contribution is 0.0998. The molecule has 29 heavy (non-hydrogen) atoms. The number of carbonyl (C=O) groups is 1. The van der Waals surface area contributed by atoms with Crippen molar-refractivity contribution in [2.45, 2.75) is 6.54 Å². The maximum Gasteiger partial charge on any atom is 0.203 e. The van der Waals surface area contributed by atoms with Crippen LogP contribution in [0.5, 0.6) is 17.2 Å². The van der Waals surface area contributed by atoms with Gasteiger partial charge in [-0.25, -0.2) is 4.98 Å². The zero-order valence-electron chi connectivity index (χ0n) is 16.8. The largest absolute Gasteiger partial charge is 0.493 e.